The second kappa shape index (κ2) is 4.48. The second-order valence-electron chi connectivity index (χ2n) is 2.08. The van der Waals surface area contributed by atoms with Crippen LogP contribution in [0, 0.1) is 11.8 Å². The van der Waals surface area contributed by atoms with Crippen LogP contribution in [0.2, 0.25) is 0 Å². The SMILES string of the molecule is NCCC#Cc1cccnc1. The molecule has 0 atom stereocenters. The van der Waals surface area contributed by atoms with E-state index in [-0.39, 0.29) is 0 Å². The van der Waals surface area contributed by atoms with Crippen molar-refractivity contribution in [3.05, 3.63) is 30.1 Å². The van der Waals surface area contributed by atoms with Gasteiger partial charge >= 0.3 is 0 Å². The molecular formula is C9H10N2. The van der Waals surface area contributed by atoms with Gasteiger partial charge in [0.1, 0.15) is 0 Å². The fraction of sp³-hybridized carbons (Fsp3) is 0.222. The van der Waals surface area contributed by atoms with Crippen LogP contribution in [0.1, 0.15) is 12.0 Å². The van der Waals surface area contributed by atoms with Crippen molar-refractivity contribution in [2.24, 2.45) is 5.73 Å². The Kier molecular flexibility index (Phi) is 3.17. The van der Waals surface area contributed by atoms with E-state index in [0.717, 1.165) is 12.0 Å². The summed E-state index contributed by atoms with van der Waals surface area (Å²) in [7, 11) is 0. The molecule has 1 heterocycles. The van der Waals surface area contributed by atoms with Crippen LogP contribution in [0.5, 0.6) is 0 Å². The first-order chi connectivity index (χ1) is 5.43. The van der Waals surface area contributed by atoms with Crippen molar-refractivity contribution in [3.8, 4) is 11.8 Å². The summed E-state index contributed by atoms with van der Waals surface area (Å²) in [6, 6.07) is 3.79. The highest BCUT2D eigenvalue weighted by Gasteiger charge is 1.80. The maximum atomic E-state index is 5.27. The smallest absolute Gasteiger partial charge is 0.0428 e. The Morgan fingerprint density at radius 3 is 3.09 bits per heavy atom. The molecule has 1 aromatic heterocycles. The van der Waals surface area contributed by atoms with Crippen LogP contribution in [-0.4, -0.2) is 11.5 Å². The van der Waals surface area contributed by atoms with Gasteiger partial charge in [0.05, 0.1) is 0 Å². The largest absolute Gasteiger partial charge is 0.330 e. The van der Waals surface area contributed by atoms with Gasteiger partial charge in [0.2, 0.25) is 0 Å². The Bertz CT molecular complexity index is 256. The van der Waals surface area contributed by atoms with E-state index >= 15 is 0 Å². The van der Waals surface area contributed by atoms with E-state index in [9.17, 15) is 0 Å². The third-order valence-electron chi connectivity index (χ3n) is 1.16. The highest BCUT2D eigenvalue weighted by atomic mass is 14.6. The van der Waals surface area contributed by atoms with Crippen LogP contribution in [0.3, 0.4) is 0 Å². The van der Waals surface area contributed by atoms with Crippen LogP contribution >= 0.6 is 0 Å². The summed E-state index contributed by atoms with van der Waals surface area (Å²) in [6.45, 7) is 0.618. The van der Waals surface area contributed by atoms with Gasteiger partial charge in [-0.2, -0.15) is 0 Å². The first-order valence-electron chi connectivity index (χ1n) is 3.52. The van der Waals surface area contributed by atoms with Crippen molar-refractivity contribution >= 4 is 0 Å². The molecule has 0 amide bonds. The number of aromatic nitrogens is 1. The molecule has 0 aliphatic rings. The molecule has 0 radical (unpaired) electrons. The van der Waals surface area contributed by atoms with Crippen molar-refractivity contribution in [3.63, 3.8) is 0 Å². The molecule has 0 aromatic carbocycles. The minimum atomic E-state index is 0.618. The summed E-state index contributed by atoms with van der Waals surface area (Å²) in [5, 5.41) is 0. The van der Waals surface area contributed by atoms with Gasteiger partial charge < -0.3 is 5.73 Å². The highest BCUT2D eigenvalue weighted by Crippen LogP contribution is 1.91. The Morgan fingerprint density at radius 2 is 2.45 bits per heavy atom. The molecule has 11 heavy (non-hydrogen) atoms. The first-order valence-corrected chi connectivity index (χ1v) is 3.52. The predicted molar refractivity (Wildman–Crippen MR) is 44.8 cm³/mol. The van der Waals surface area contributed by atoms with Gasteiger partial charge in [-0.3, -0.25) is 4.98 Å². The third kappa shape index (κ3) is 2.83. The summed E-state index contributed by atoms with van der Waals surface area (Å²) in [4.78, 5) is 3.93. The van der Waals surface area contributed by atoms with Crippen LogP contribution in [0.4, 0.5) is 0 Å². The number of nitrogens with zero attached hydrogens (tertiary/aromatic N) is 1. The van der Waals surface area contributed by atoms with Gasteiger partial charge in [0.15, 0.2) is 0 Å². The lowest BCUT2D eigenvalue weighted by Gasteiger charge is -1.84. The fourth-order valence-corrected chi connectivity index (χ4v) is 0.673. The van der Waals surface area contributed by atoms with E-state index < -0.39 is 0 Å². The standard InChI is InChI=1S/C9H10N2/c10-6-2-1-4-9-5-3-7-11-8-9/h3,5,7-8H,2,6,10H2. The van der Waals surface area contributed by atoms with Crippen molar-refractivity contribution in [2.75, 3.05) is 6.54 Å². The Labute approximate surface area is 66.4 Å². The Morgan fingerprint density at radius 1 is 1.55 bits per heavy atom. The molecule has 0 fully saturated rings. The molecule has 56 valence electrons. The number of hydrogen-bond acceptors (Lipinski definition) is 2. The van der Waals surface area contributed by atoms with E-state index in [1.807, 2.05) is 12.1 Å². The fourth-order valence-electron chi connectivity index (χ4n) is 0.673. The lowest BCUT2D eigenvalue weighted by atomic mass is 10.3. The summed E-state index contributed by atoms with van der Waals surface area (Å²) in [5.41, 5.74) is 6.22. The van der Waals surface area contributed by atoms with Gasteiger partial charge in [-0.25, -0.2) is 0 Å². The summed E-state index contributed by atoms with van der Waals surface area (Å²) >= 11 is 0. The van der Waals surface area contributed by atoms with Gasteiger partial charge in [0, 0.05) is 30.9 Å². The monoisotopic (exact) mass is 146 g/mol. The molecule has 2 heteroatoms. The molecule has 2 N–H and O–H groups in total. The summed E-state index contributed by atoms with van der Waals surface area (Å²) in [5.74, 6) is 5.89. The average Bonchev–Trinajstić information content (AvgIpc) is 2.07. The number of rotatable bonds is 1. The summed E-state index contributed by atoms with van der Waals surface area (Å²) < 4.78 is 0. The third-order valence-corrected chi connectivity index (χ3v) is 1.16. The number of hydrogen-bond donors (Lipinski definition) is 1. The molecule has 0 spiro atoms. The molecule has 1 aromatic rings. The van der Waals surface area contributed by atoms with Crippen LogP contribution in [-0.2, 0) is 0 Å². The normalized spacial score (nSPS) is 8.45. The molecule has 2 nitrogen and oxygen atoms in total. The molecular weight excluding hydrogens is 136 g/mol. The maximum Gasteiger partial charge on any atom is 0.0428 e. The van der Waals surface area contributed by atoms with Crippen molar-refractivity contribution in [1.82, 2.24) is 4.98 Å². The predicted octanol–water partition coefficient (Wildman–Crippen LogP) is 0.782. The van der Waals surface area contributed by atoms with Crippen LogP contribution < -0.4 is 5.73 Å². The number of nitrogens with two attached hydrogens (primary N) is 1. The molecule has 0 aliphatic heterocycles. The van der Waals surface area contributed by atoms with E-state index in [2.05, 4.69) is 16.8 Å². The number of pyridine rings is 1. The van der Waals surface area contributed by atoms with E-state index in [0.29, 0.717) is 6.54 Å². The van der Waals surface area contributed by atoms with Crippen LogP contribution in [0.25, 0.3) is 0 Å². The minimum absolute atomic E-state index is 0.618. The van der Waals surface area contributed by atoms with E-state index in [1.54, 1.807) is 12.4 Å². The maximum absolute atomic E-state index is 5.27. The Hall–Kier alpha value is -1.33. The zero-order valence-electron chi connectivity index (χ0n) is 6.25. The first kappa shape index (κ1) is 7.77. The van der Waals surface area contributed by atoms with Crippen molar-refractivity contribution < 1.29 is 0 Å². The minimum Gasteiger partial charge on any atom is -0.330 e. The molecule has 0 unspecified atom stereocenters. The second-order valence-corrected chi connectivity index (χ2v) is 2.08. The molecule has 0 bridgehead atoms. The lowest BCUT2D eigenvalue weighted by molar-refractivity contribution is 1.03. The highest BCUT2D eigenvalue weighted by molar-refractivity contribution is 5.30. The summed E-state index contributed by atoms with van der Waals surface area (Å²) in [6.07, 6.45) is 4.21. The average molecular weight is 146 g/mol. The molecule has 0 saturated heterocycles. The topological polar surface area (TPSA) is 38.9 Å². The Balaban J connectivity index is 2.59. The van der Waals surface area contributed by atoms with E-state index in [1.165, 1.54) is 0 Å². The van der Waals surface area contributed by atoms with Crippen molar-refractivity contribution in [1.29, 1.82) is 0 Å². The molecule has 0 saturated carbocycles. The molecule has 0 aliphatic carbocycles. The van der Waals surface area contributed by atoms with Gasteiger partial charge in [0.25, 0.3) is 0 Å². The van der Waals surface area contributed by atoms with E-state index in [4.69, 9.17) is 5.73 Å². The van der Waals surface area contributed by atoms with Gasteiger partial charge in [-0.05, 0) is 12.1 Å². The zero-order valence-corrected chi connectivity index (χ0v) is 6.25. The van der Waals surface area contributed by atoms with Gasteiger partial charge in [-0.1, -0.05) is 11.8 Å². The van der Waals surface area contributed by atoms with Crippen LogP contribution in [0.15, 0.2) is 24.5 Å². The quantitative estimate of drug-likeness (QED) is 0.595. The zero-order chi connectivity index (χ0) is 7.94. The lowest BCUT2D eigenvalue weighted by Crippen LogP contribution is -1.95. The molecule has 1 rings (SSSR count). The van der Waals surface area contributed by atoms with Gasteiger partial charge in [-0.15, -0.1) is 0 Å². The van der Waals surface area contributed by atoms with Crippen molar-refractivity contribution in [2.45, 2.75) is 6.42 Å².